The zero-order chi connectivity index (χ0) is 25.2. The smallest absolute Gasteiger partial charge is 0.264 e. The van der Waals surface area contributed by atoms with Crippen LogP contribution in [0.5, 0.6) is 0 Å². The minimum Gasteiger partial charge on any atom is -0.301 e. The highest BCUT2D eigenvalue weighted by Crippen LogP contribution is 2.27. The van der Waals surface area contributed by atoms with E-state index >= 15 is 0 Å². The average molecular weight is 511 g/mol. The second-order valence-electron chi connectivity index (χ2n) is 8.39. The highest BCUT2D eigenvalue weighted by atomic mass is 35.5. The summed E-state index contributed by atoms with van der Waals surface area (Å²) in [6.45, 7) is 3.94. The first kappa shape index (κ1) is 24.8. The van der Waals surface area contributed by atoms with Crippen LogP contribution in [0.15, 0.2) is 65.7 Å². The van der Waals surface area contributed by atoms with Gasteiger partial charge in [-0.15, -0.1) is 0 Å². The van der Waals surface area contributed by atoms with E-state index < -0.39 is 15.9 Å². The number of fused-ring (bicyclic) bond motifs is 1. The average Bonchev–Trinajstić information content (AvgIpc) is 3.34. The Balaban J connectivity index is 1.57. The molecule has 2 heterocycles. The molecule has 182 valence electrons. The van der Waals surface area contributed by atoms with Crippen molar-refractivity contribution >= 4 is 44.5 Å². The number of aromatic nitrogens is 3. The molecule has 0 fully saturated rings. The number of aryl methyl sites for hydroxylation is 3. The minimum atomic E-state index is -3.98. The third kappa shape index (κ3) is 5.33. The van der Waals surface area contributed by atoms with Crippen molar-refractivity contribution in [3.8, 4) is 5.82 Å². The van der Waals surface area contributed by atoms with Crippen LogP contribution in [0, 0.1) is 6.92 Å². The van der Waals surface area contributed by atoms with E-state index in [9.17, 15) is 13.2 Å². The van der Waals surface area contributed by atoms with Gasteiger partial charge in [0.1, 0.15) is 5.82 Å². The number of unbranched alkanes of at least 4 members (excludes halogenated alkanes) is 1. The molecule has 0 aliphatic carbocycles. The molecule has 0 bridgehead atoms. The number of carbonyl (C=O) groups is 1. The Morgan fingerprint density at radius 1 is 1.14 bits per heavy atom. The first-order valence-electron chi connectivity index (χ1n) is 11.3. The van der Waals surface area contributed by atoms with Gasteiger partial charge in [-0.05, 0) is 67.8 Å². The molecule has 2 aromatic heterocycles. The second-order valence-corrected chi connectivity index (χ2v) is 10.5. The van der Waals surface area contributed by atoms with Crippen molar-refractivity contribution < 1.29 is 13.2 Å². The van der Waals surface area contributed by atoms with E-state index in [1.807, 2.05) is 49.0 Å². The highest BCUT2D eigenvalue weighted by Gasteiger charge is 2.18. The number of nitrogens with zero attached hydrogens (tertiary/aromatic N) is 3. The van der Waals surface area contributed by atoms with Gasteiger partial charge in [0.25, 0.3) is 15.9 Å². The molecule has 1 amide bonds. The van der Waals surface area contributed by atoms with Crippen molar-refractivity contribution in [3.05, 3.63) is 82.6 Å². The molecular formula is C26H27ClN4O3S. The summed E-state index contributed by atoms with van der Waals surface area (Å²) in [5.74, 6) is 0.00723. The first-order chi connectivity index (χ1) is 16.7. The topological polar surface area (TPSA) is 86.0 Å². The summed E-state index contributed by atoms with van der Waals surface area (Å²) >= 11 is 6.12. The highest BCUT2D eigenvalue weighted by molar-refractivity contribution is 7.90. The molecular weight excluding hydrogens is 484 g/mol. The van der Waals surface area contributed by atoms with E-state index in [1.54, 1.807) is 22.9 Å². The van der Waals surface area contributed by atoms with Crippen molar-refractivity contribution in [3.63, 3.8) is 0 Å². The number of sulfonamides is 1. The Bertz CT molecular complexity index is 1520. The molecule has 0 spiro atoms. The second kappa shape index (κ2) is 10.1. The number of halogens is 1. The lowest BCUT2D eigenvalue weighted by molar-refractivity contribution is -0.114. The molecule has 7 nitrogen and oxygen atoms in total. The van der Waals surface area contributed by atoms with Gasteiger partial charge in [-0.25, -0.2) is 13.1 Å². The molecule has 0 unspecified atom stereocenters. The molecule has 4 rings (SSSR count). The fourth-order valence-electron chi connectivity index (χ4n) is 4.04. The largest absolute Gasteiger partial charge is 0.301 e. The fraction of sp³-hybridized carbons (Fsp3) is 0.231. The van der Waals surface area contributed by atoms with Gasteiger partial charge in [0, 0.05) is 35.3 Å². The molecule has 2 aromatic carbocycles. The summed E-state index contributed by atoms with van der Waals surface area (Å²) in [7, 11) is -2.17. The predicted molar refractivity (Wildman–Crippen MR) is 139 cm³/mol. The lowest BCUT2D eigenvalue weighted by Gasteiger charge is -2.08. The molecule has 0 saturated heterocycles. The fourth-order valence-corrected chi connectivity index (χ4v) is 5.17. The lowest BCUT2D eigenvalue weighted by atomic mass is 10.1. The van der Waals surface area contributed by atoms with Crippen molar-refractivity contribution in [2.75, 3.05) is 0 Å². The summed E-state index contributed by atoms with van der Waals surface area (Å²) in [4.78, 5) is 12.6. The molecule has 0 saturated carbocycles. The number of nitrogens with one attached hydrogen (secondary N) is 1. The van der Waals surface area contributed by atoms with Gasteiger partial charge in [0.15, 0.2) is 0 Å². The van der Waals surface area contributed by atoms with E-state index in [2.05, 4.69) is 16.7 Å². The molecule has 9 heteroatoms. The Morgan fingerprint density at radius 2 is 1.89 bits per heavy atom. The van der Waals surface area contributed by atoms with Crippen LogP contribution < -0.4 is 4.72 Å². The summed E-state index contributed by atoms with van der Waals surface area (Å²) in [6.07, 6.45) is 7.69. The van der Waals surface area contributed by atoms with Crippen molar-refractivity contribution in [1.82, 2.24) is 19.1 Å². The molecule has 0 aliphatic rings. The van der Waals surface area contributed by atoms with E-state index in [-0.39, 0.29) is 4.90 Å². The zero-order valence-electron chi connectivity index (χ0n) is 19.8. The van der Waals surface area contributed by atoms with Crippen LogP contribution in [-0.2, 0) is 28.3 Å². The predicted octanol–water partition coefficient (Wildman–Crippen LogP) is 5.19. The van der Waals surface area contributed by atoms with E-state index in [0.29, 0.717) is 16.3 Å². The third-order valence-corrected chi connectivity index (χ3v) is 7.40. The van der Waals surface area contributed by atoms with Crippen molar-refractivity contribution in [2.45, 2.75) is 38.0 Å². The van der Waals surface area contributed by atoms with Gasteiger partial charge in [-0.2, -0.15) is 5.10 Å². The minimum absolute atomic E-state index is 0.0511. The molecule has 1 N–H and O–H groups in total. The van der Waals surface area contributed by atoms with Gasteiger partial charge in [0.05, 0.1) is 16.1 Å². The maximum absolute atomic E-state index is 12.7. The number of benzene rings is 2. The van der Waals surface area contributed by atoms with Crippen LogP contribution in [-0.4, -0.2) is 28.7 Å². The zero-order valence-corrected chi connectivity index (χ0v) is 21.4. The first-order valence-corrected chi connectivity index (χ1v) is 13.2. The van der Waals surface area contributed by atoms with Crippen LogP contribution in [0.2, 0.25) is 5.02 Å². The standard InChI is InChI=1S/C26H27ClN4O3S/c1-4-5-6-19-7-10-22(11-8-19)35(33,34)29-25(32)14-12-23-18(2)28-30(3)26(23)31-16-15-20-17-21(27)9-13-24(20)31/h7-17H,4-6H2,1-3H3,(H,29,32). The summed E-state index contributed by atoms with van der Waals surface area (Å²) in [5.41, 5.74) is 3.40. The van der Waals surface area contributed by atoms with Crippen LogP contribution in [0.25, 0.3) is 22.8 Å². The van der Waals surface area contributed by atoms with Crippen LogP contribution in [0.4, 0.5) is 0 Å². The van der Waals surface area contributed by atoms with Gasteiger partial charge in [0.2, 0.25) is 0 Å². The number of hydrogen-bond donors (Lipinski definition) is 1. The number of carbonyl (C=O) groups excluding carboxylic acids is 1. The lowest BCUT2D eigenvalue weighted by Crippen LogP contribution is -2.29. The van der Waals surface area contributed by atoms with Crippen molar-refractivity contribution in [2.24, 2.45) is 7.05 Å². The van der Waals surface area contributed by atoms with Gasteiger partial charge < -0.3 is 4.57 Å². The van der Waals surface area contributed by atoms with E-state index in [0.717, 1.165) is 41.5 Å². The van der Waals surface area contributed by atoms with Gasteiger partial charge in [-0.3, -0.25) is 9.48 Å². The van der Waals surface area contributed by atoms with E-state index in [4.69, 9.17) is 11.6 Å². The molecule has 0 atom stereocenters. The van der Waals surface area contributed by atoms with Gasteiger partial charge in [-0.1, -0.05) is 37.1 Å². The van der Waals surface area contributed by atoms with E-state index in [1.165, 1.54) is 18.2 Å². The summed E-state index contributed by atoms with van der Waals surface area (Å²) in [6, 6.07) is 14.2. The number of amides is 1. The van der Waals surface area contributed by atoms with Crippen LogP contribution >= 0.6 is 11.6 Å². The van der Waals surface area contributed by atoms with Crippen LogP contribution in [0.3, 0.4) is 0 Å². The normalized spacial score (nSPS) is 12.0. The van der Waals surface area contributed by atoms with Crippen molar-refractivity contribution in [1.29, 1.82) is 0 Å². The molecule has 35 heavy (non-hydrogen) atoms. The SMILES string of the molecule is CCCCc1ccc(S(=O)(=O)NC(=O)C=Cc2c(C)nn(C)c2-n2ccc3cc(Cl)ccc32)cc1. The maximum atomic E-state index is 12.7. The number of rotatable bonds is 8. The molecule has 0 radical (unpaired) electrons. The quantitative estimate of drug-likeness (QED) is 0.331. The monoisotopic (exact) mass is 510 g/mol. The summed E-state index contributed by atoms with van der Waals surface area (Å²) < 4.78 is 31.2. The molecule has 4 aromatic rings. The number of hydrogen-bond acceptors (Lipinski definition) is 4. The summed E-state index contributed by atoms with van der Waals surface area (Å²) in [5, 5.41) is 6.10. The van der Waals surface area contributed by atoms with Crippen LogP contribution in [0.1, 0.15) is 36.6 Å². The Morgan fingerprint density at radius 3 is 2.60 bits per heavy atom. The Labute approximate surface area is 210 Å². The van der Waals surface area contributed by atoms with Gasteiger partial charge >= 0.3 is 0 Å². The third-order valence-electron chi connectivity index (χ3n) is 5.81. The molecule has 0 aliphatic heterocycles. The Kier molecular flexibility index (Phi) is 7.14. The Hall–Kier alpha value is -3.36. The maximum Gasteiger partial charge on any atom is 0.264 e.